The fraction of sp³-hybridized carbons (Fsp3) is 0.0588. The van der Waals surface area contributed by atoms with Crippen molar-refractivity contribution in [2.75, 3.05) is 4.72 Å². The number of hydrogen-bond donors (Lipinski definition) is 2. The summed E-state index contributed by atoms with van der Waals surface area (Å²) in [5.74, 6) is -2.37. The monoisotopic (exact) mass is 392 g/mol. The molecule has 1 aromatic heterocycles. The normalized spacial score (nSPS) is 11.3. The summed E-state index contributed by atoms with van der Waals surface area (Å²) in [6, 6.07) is 9.03. The second kappa shape index (κ2) is 6.85. The zero-order chi connectivity index (χ0) is 18.9. The van der Waals surface area contributed by atoms with Crippen molar-refractivity contribution >= 4 is 33.0 Å². The molecule has 3 rings (SSSR count). The second-order valence-corrected chi connectivity index (χ2v) is 8.10. The zero-order valence-corrected chi connectivity index (χ0v) is 15.1. The van der Waals surface area contributed by atoms with E-state index in [0.29, 0.717) is 0 Å². The average molecular weight is 392 g/mol. The van der Waals surface area contributed by atoms with Gasteiger partial charge in [-0.3, -0.25) is 4.72 Å². The third-order valence-corrected chi connectivity index (χ3v) is 5.69. The quantitative estimate of drug-likeness (QED) is 0.689. The van der Waals surface area contributed by atoms with Crippen LogP contribution in [0.4, 0.5) is 10.1 Å². The molecule has 3 aromatic rings. The van der Waals surface area contributed by atoms with E-state index in [1.165, 1.54) is 23.5 Å². The van der Waals surface area contributed by atoms with Crippen LogP contribution < -0.4 is 4.72 Å². The number of hydrogen-bond acceptors (Lipinski definition) is 5. The SMILES string of the molecule is Cc1nc(-c2ccc(NS(=O)(=O)c3cc(C(=O)O)ccc3F)cc2)cs1. The van der Waals surface area contributed by atoms with Crippen molar-refractivity contribution < 1.29 is 22.7 Å². The van der Waals surface area contributed by atoms with Crippen LogP contribution in [-0.4, -0.2) is 24.5 Å². The molecule has 0 atom stereocenters. The number of carbonyl (C=O) groups is 1. The van der Waals surface area contributed by atoms with Crippen LogP contribution in [0.15, 0.2) is 52.7 Å². The highest BCUT2D eigenvalue weighted by atomic mass is 32.2. The van der Waals surface area contributed by atoms with Gasteiger partial charge in [-0.05, 0) is 37.3 Å². The molecule has 0 saturated heterocycles. The number of sulfonamides is 1. The molecule has 0 amide bonds. The number of nitrogens with one attached hydrogen (secondary N) is 1. The third kappa shape index (κ3) is 3.73. The molecule has 0 radical (unpaired) electrons. The van der Waals surface area contributed by atoms with E-state index in [1.807, 2.05) is 12.3 Å². The van der Waals surface area contributed by atoms with Crippen molar-refractivity contribution in [3.63, 3.8) is 0 Å². The second-order valence-electron chi connectivity index (χ2n) is 5.38. The van der Waals surface area contributed by atoms with Crippen LogP contribution >= 0.6 is 11.3 Å². The molecule has 134 valence electrons. The summed E-state index contributed by atoms with van der Waals surface area (Å²) < 4.78 is 40.9. The van der Waals surface area contributed by atoms with Gasteiger partial charge in [0.1, 0.15) is 10.7 Å². The van der Waals surface area contributed by atoms with E-state index in [-0.39, 0.29) is 11.3 Å². The molecule has 0 unspecified atom stereocenters. The Morgan fingerprint density at radius 2 is 1.88 bits per heavy atom. The van der Waals surface area contributed by atoms with Gasteiger partial charge < -0.3 is 5.11 Å². The van der Waals surface area contributed by atoms with Gasteiger partial charge in [0.25, 0.3) is 10.0 Å². The van der Waals surface area contributed by atoms with Gasteiger partial charge >= 0.3 is 5.97 Å². The predicted octanol–water partition coefficient (Wildman–Crippen LogP) is 3.76. The molecular weight excluding hydrogens is 379 g/mol. The van der Waals surface area contributed by atoms with Crippen LogP contribution in [0.3, 0.4) is 0 Å². The number of halogens is 1. The Morgan fingerprint density at radius 3 is 2.46 bits per heavy atom. The van der Waals surface area contributed by atoms with Crippen molar-refractivity contribution in [3.05, 3.63) is 64.2 Å². The molecule has 6 nitrogen and oxygen atoms in total. The molecule has 2 aromatic carbocycles. The summed E-state index contributed by atoms with van der Waals surface area (Å²) in [6.07, 6.45) is 0. The van der Waals surface area contributed by atoms with Crippen LogP contribution in [0.5, 0.6) is 0 Å². The molecule has 0 fully saturated rings. The average Bonchev–Trinajstić information content (AvgIpc) is 3.01. The number of aromatic nitrogens is 1. The first kappa shape index (κ1) is 18.0. The van der Waals surface area contributed by atoms with Crippen LogP contribution in [0.2, 0.25) is 0 Å². The van der Waals surface area contributed by atoms with Gasteiger partial charge in [-0.1, -0.05) is 12.1 Å². The lowest BCUT2D eigenvalue weighted by molar-refractivity contribution is 0.0696. The lowest BCUT2D eigenvalue weighted by Gasteiger charge is -2.10. The van der Waals surface area contributed by atoms with Gasteiger partial charge in [-0.25, -0.2) is 22.6 Å². The Kier molecular flexibility index (Phi) is 4.75. The maximum Gasteiger partial charge on any atom is 0.335 e. The first-order valence-corrected chi connectivity index (χ1v) is 9.71. The number of nitrogens with zero attached hydrogens (tertiary/aromatic N) is 1. The molecule has 0 spiro atoms. The number of thiazole rings is 1. The number of carboxylic acid groups (broad SMARTS) is 1. The van der Waals surface area contributed by atoms with Gasteiger partial charge in [0.2, 0.25) is 0 Å². The molecule has 0 aliphatic heterocycles. The molecule has 1 heterocycles. The van der Waals surface area contributed by atoms with E-state index in [0.717, 1.165) is 34.5 Å². The summed E-state index contributed by atoms with van der Waals surface area (Å²) >= 11 is 1.50. The van der Waals surface area contributed by atoms with E-state index in [9.17, 15) is 17.6 Å². The molecule has 26 heavy (non-hydrogen) atoms. The smallest absolute Gasteiger partial charge is 0.335 e. The Balaban J connectivity index is 1.88. The molecule has 0 aliphatic rings. The Labute approximate surface area is 153 Å². The fourth-order valence-electron chi connectivity index (χ4n) is 2.26. The van der Waals surface area contributed by atoms with Crippen LogP contribution in [0.1, 0.15) is 15.4 Å². The zero-order valence-electron chi connectivity index (χ0n) is 13.4. The third-order valence-electron chi connectivity index (χ3n) is 3.52. The maximum absolute atomic E-state index is 13.9. The Hall–Kier alpha value is -2.78. The largest absolute Gasteiger partial charge is 0.478 e. The number of aromatic carboxylic acids is 1. The summed E-state index contributed by atoms with van der Waals surface area (Å²) in [5.41, 5.74) is 1.50. The van der Waals surface area contributed by atoms with Crippen LogP contribution in [0.25, 0.3) is 11.3 Å². The first-order valence-electron chi connectivity index (χ1n) is 7.34. The highest BCUT2D eigenvalue weighted by Gasteiger charge is 2.21. The summed E-state index contributed by atoms with van der Waals surface area (Å²) in [7, 11) is -4.28. The number of anilines is 1. The van der Waals surface area contributed by atoms with Crippen molar-refractivity contribution in [3.8, 4) is 11.3 Å². The topological polar surface area (TPSA) is 96.4 Å². The molecule has 0 aliphatic carbocycles. The van der Waals surface area contributed by atoms with Gasteiger partial charge in [-0.15, -0.1) is 11.3 Å². The molecule has 0 bridgehead atoms. The van der Waals surface area contributed by atoms with E-state index in [4.69, 9.17) is 5.11 Å². The predicted molar refractivity (Wildman–Crippen MR) is 96.5 cm³/mol. The fourth-order valence-corrected chi connectivity index (χ4v) is 4.04. The Bertz CT molecular complexity index is 1080. The van der Waals surface area contributed by atoms with E-state index in [2.05, 4.69) is 9.71 Å². The lowest BCUT2D eigenvalue weighted by Crippen LogP contribution is -2.15. The number of rotatable bonds is 5. The molecule has 9 heteroatoms. The minimum absolute atomic E-state index is 0.223. The van der Waals surface area contributed by atoms with Crippen molar-refractivity contribution in [2.24, 2.45) is 0 Å². The number of carboxylic acids is 1. The molecule has 2 N–H and O–H groups in total. The van der Waals surface area contributed by atoms with Crippen molar-refractivity contribution in [1.82, 2.24) is 4.98 Å². The minimum atomic E-state index is -4.28. The van der Waals surface area contributed by atoms with Gasteiger partial charge in [0, 0.05) is 16.6 Å². The highest BCUT2D eigenvalue weighted by molar-refractivity contribution is 7.92. The Morgan fingerprint density at radius 1 is 1.19 bits per heavy atom. The van der Waals surface area contributed by atoms with E-state index in [1.54, 1.807) is 12.1 Å². The van der Waals surface area contributed by atoms with Crippen molar-refractivity contribution in [2.45, 2.75) is 11.8 Å². The van der Waals surface area contributed by atoms with Crippen LogP contribution in [-0.2, 0) is 10.0 Å². The maximum atomic E-state index is 13.9. The minimum Gasteiger partial charge on any atom is -0.478 e. The first-order chi connectivity index (χ1) is 12.3. The standard InChI is InChI=1S/C17H13FN2O4S2/c1-10-19-15(9-25-10)11-2-5-13(6-3-11)20-26(23,24)16-8-12(17(21)22)4-7-14(16)18/h2-9,20H,1H3,(H,21,22). The van der Waals surface area contributed by atoms with Gasteiger partial charge in [-0.2, -0.15) is 0 Å². The number of benzene rings is 2. The summed E-state index contributed by atoms with van der Waals surface area (Å²) in [4.78, 5) is 14.6. The van der Waals surface area contributed by atoms with Crippen molar-refractivity contribution in [1.29, 1.82) is 0 Å². The molecular formula is C17H13FN2O4S2. The van der Waals surface area contributed by atoms with Crippen LogP contribution in [0, 0.1) is 12.7 Å². The van der Waals surface area contributed by atoms with Gasteiger partial charge in [0.15, 0.2) is 0 Å². The summed E-state index contributed by atoms with van der Waals surface area (Å²) in [6.45, 7) is 1.89. The number of aryl methyl sites for hydroxylation is 1. The summed E-state index contributed by atoms with van der Waals surface area (Å²) in [5, 5.41) is 11.8. The lowest BCUT2D eigenvalue weighted by atomic mass is 10.1. The van der Waals surface area contributed by atoms with Gasteiger partial charge in [0.05, 0.1) is 16.3 Å². The molecule has 0 saturated carbocycles. The highest BCUT2D eigenvalue weighted by Crippen LogP contribution is 2.25. The van der Waals surface area contributed by atoms with E-state index >= 15 is 0 Å². The van der Waals surface area contributed by atoms with E-state index < -0.39 is 26.7 Å².